The van der Waals surface area contributed by atoms with Crippen LogP contribution < -0.4 is 15.5 Å². The molecule has 6 nitrogen and oxygen atoms in total. The second-order valence-electron chi connectivity index (χ2n) is 8.54. The molecule has 3 rings (SSSR count). The number of nitrogens with zero attached hydrogens (tertiary/aromatic N) is 4. The van der Waals surface area contributed by atoms with E-state index in [1.54, 1.807) is 0 Å². The highest BCUT2D eigenvalue weighted by Crippen LogP contribution is 2.20. The zero-order valence-corrected chi connectivity index (χ0v) is 20.9. The van der Waals surface area contributed by atoms with Crippen LogP contribution in [0.1, 0.15) is 52.5 Å². The van der Waals surface area contributed by atoms with Crippen molar-refractivity contribution in [3.63, 3.8) is 0 Å². The van der Waals surface area contributed by atoms with Crippen LogP contribution in [-0.4, -0.2) is 60.7 Å². The van der Waals surface area contributed by atoms with E-state index in [0.29, 0.717) is 24.5 Å². The Kier molecular flexibility index (Phi) is 9.95. The first-order valence-electron chi connectivity index (χ1n) is 11.1. The van der Waals surface area contributed by atoms with Crippen molar-refractivity contribution in [1.29, 1.82) is 0 Å². The van der Waals surface area contributed by atoms with E-state index in [1.807, 2.05) is 6.20 Å². The van der Waals surface area contributed by atoms with Gasteiger partial charge in [0.05, 0.1) is 6.54 Å². The summed E-state index contributed by atoms with van der Waals surface area (Å²) in [4.78, 5) is 14.4. The van der Waals surface area contributed by atoms with Crippen LogP contribution in [0, 0.1) is 5.92 Å². The van der Waals surface area contributed by atoms with Gasteiger partial charge in [-0.1, -0.05) is 6.92 Å². The van der Waals surface area contributed by atoms with E-state index in [2.05, 4.69) is 65.2 Å². The Labute approximate surface area is 194 Å². The summed E-state index contributed by atoms with van der Waals surface area (Å²) < 4.78 is 0. The number of halogens is 1. The lowest BCUT2D eigenvalue weighted by molar-refractivity contribution is 0.265. The van der Waals surface area contributed by atoms with Crippen molar-refractivity contribution in [2.24, 2.45) is 10.9 Å². The molecular formula is C22H39IN6. The largest absolute Gasteiger partial charge is 0.357 e. The van der Waals surface area contributed by atoms with E-state index in [1.165, 1.54) is 24.8 Å². The minimum Gasteiger partial charge on any atom is -0.357 e. The van der Waals surface area contributed by atoms with Crippen LogP contribution in [0.15, 0.2) is 23.3 Å². The maximum absolute atomic E-state index is 4.87. The van der Waals surface area contributed by atoms with E-state index < -0.39 is 0 Å². The van der Waals surface area contributed by atoms with Crippen LogP contribution in [0.25, 0.3) is 0 Å². The third-order valence-corrected chi connectivity index (χ3v) is 5.95. The van der Waals surface area contributed by atoms with Gasteiger partial charge in [0.1, 0.15) is 5.82 Å². The Morgan fingerprint density at radius 2 is 2.00 bits per heavy atom. The summed E-state index contributed by atoms with van der Waals surface area (Å²) in [7, 11) is 0. The number of hydrogen-bond acceptors (Lipinski definition) is 4. The highest BCUT2D eigenvalue weighted by atomic mass is 127. The number of nitrogens with one attached hydrogen (secondary N) is 2. The maximum atomic E-state index is 4.87. The van der Waals surface area contributed by atoms with E-state index in [4.69, 9.17) is 4.99 Å². The van der Waals surface area contributed by atoms with Gasteiger partial charge in [0.25, 0.3) is 0 Å². The number of rotatable bonds is 6. The van der Waals surface area contributed by atoms with Gasteiger partial charge in [-0.05, 0) is 63.6 Å². The molecule has 1 aromatic heterocycles. The van der Waals surface area contributed by atoms with Crippen LogP contribution >= 0.6 is 24.0 Å². The molecule has 0 saturated carbocycles. The topological polar surface area (TPSA) is 55.8 Å². The molecule has 7 heteroatoms. The Hall–Kier alpha value is -1.09. The zero-order valence-electron chi connectivity index (χ0n) is 18.5. The molecule has 164 valence electrons. The van der Waals surface area contributed by atoms with Gasteiger partial charge < -0.3 is 15.5 Å². The van der Waals surface area contributed by atoms with Gasteiger partial charge in [-0.15, -0.1) is 24.0 Å². The summed E-state index contributed by atoms with van der Waals surface area (Å²) in [5.41, 5.74) is 1.22. The number of aromatic nitrogens is 1. The third kappa shape index (κ3) is 6.98. The lowest BCUT2D eigenvalue weighted by Gasteiger charge is -2.27. The van der Waals surface area contributed by atoms with Crippen LogP contribution in [0.2, 0.25) is 0 Å². The Morgan fingerprint density at radius 1 is 1.24 bits per heavy atom. The van der Waals surface area contributed by atoms with Crippen LogP contribution in [0.3, 0.4) is 0 Å². The fraction of sp³-hybridized carbons (Fsp3) is 0.727. The molecule has 2 aliphatic heterocycles. The Balaban J connectivity index is 0.00000300. The smallest absolute Gasteiger partial charge is 0.191 e. The molecule has 1 aromatic rings. The van der Waals surface area contributed by atoms with Gasteiger partial charge in [-0.25, -0.2) is 9.98 Å². The minimum atomic E-state index is 0. The molecule has 0 aromatic carbocycles. The van der Waals surface area contributed by atoms with Crippen molar-refractivity contribution < 1.29 is 0 Å². The number of likely N-dealkylation sites (tertiary alicyclic amines) is 1. The van der Waals surface area contributed by atoms with E-state index in [9.17, 15) is 0 Å². The fourth-order valence-corrected chi connectivity index (χ4v) is 4.13. The van der Waals surface area contributed by atoms with E-state index >= 15 is 0 Å². The Morgan fingerprint density at radius 3 is 2.66 bits per heavy atom. The lowest BCUT2D eigenvalue weighted by Crippen LogP contribution is -2.46. The molecule has 2 unspecified atom stereocenters. The van der Waals surface area contributed by atoms with Crippen LogP contribution in [0.5, 0.6) is 0 Å². The monoisotopic (exact) mass is 514 g/mol. The molecule has 2 aliphatic rings. The minimum absolute atomic E-state index is 0. The molecule has 0 spiro atoms. The van der Waals surface area contributed by atoms with Gasteiger partial charge >= 0.3 is 0 Å². The van der Waals surface area contributed by atoms with Crippen molar-refractivity contribution in [2.75, 3.05) is 37.6 Å². The summed E-state index contributed by atoms with van der Waals surface area (Å²) in [6, 6.07) is 5.33. The fourth-order valence-electron chi connectivity index (χ4n) is 4.13. The van der Waals surface area contributed by atoms with Crippen LogP contribution in [-0.2, 0) is 6.54 Å². The summed E-state index contributed by atoms with van der Waals surface area (Å²) in [6.07, 6.45) is 5.80. The number of guanidine groups is 1. The van der Waals surface area contributed by atoms with E-state index in [-0.39, 0.29) is 24.0 Å². The average molecular weight is 515 g/mol. The second-order valence-corrected chi connectivity index (χ2v) is 8.54. The van der Waals surface area contributed by atoms with Gasteiger partial charge in [0.15, 0.2) is 5.96 Å². The lowest BCUT2D eigenvalue weighted by atomic mass is 10.1. The highest BCUT2D eigenvalue weighted by Gasteiger charge is 2.31. The van der Waals surface area contributed by atoms with E-state index in [0.717, 1.165) is 44.5 Å². The number of pyridine rings is 1. The van der Waals surface area contributed by atoms with Crippen molar-refractivity contribution in [3.05, 3.63) is 23.9 Å². The number of aliphatic imine (C=N–C) groups is 1. The molecule has 2 atom stereocenters. The predicted molar refractivity (Wildman–Crippen MR) is 133 cm³/mol. The molecule has 0 bridgehead atoms. The first-order valence-corrected chi connectivity index (χ1v) is 11.1. The maximum Gasteiger partial charge on any atom is 0.191 e. The van der Waals surface area contributed by atoms with Crippen molar-refractivity contribution >= 4 is 35.8 Å². The molecular weight excluding hydrogens is 475 g/mol. The summed E-state index contributed by atoms with van der Waals surface area (Å²) >= 11 is 0. The molecule has 0 aliphatic carbocycles. The predicted octanol–water partition coefficient (Wildman–Crippen LogP) is 3.47. The molecule has 0 amide bonds. The van der Waals surface area contributed by atoms with Gasteiger partial charge in [-0.3, -0.25) is 4.90 Å². The molecule has 2 N–H and O–H groups in total. The molecule has 3 heterocycles. The molecule has 29 heavy (non-hydrogen) atoms. The van der Waals surface area contributed by atoms with Gasteiger partial charge in [0, 0.05) is 51.0 Å². The average Bonchev–Trinajstić information content (AvgIpc) is 3.08. The number of anilines is 1. The number of hydrogen-bond donors (Lipinski definition) is 2. The molecule has 2 saturated heterocycles. The van der Waals surface area contributed by atoms with Crippen molar-refractivity contribution in [2.45, 2.75) is 65.6 Å². The molecule has 0 radical (unpaired) electrons. The quantitative estimate of drug-likeness (QED) is 0.346. The zero-order chi connectivity index (χ0) is 19.9. The van der Waals surface area contributed by atoms with Crippen molar-refractivity contribution in [3.8, 4) is 0 Å². The Bertz CT molecular complexity index is 644. The SMILES string of the molecule is CCNC(=NCc1ccnc(N2CCCCC2)c1)NC1CN(C(C)C)CC1C.I. The number of piperidine rings is 1. The standard InChI is InChI=1S/C22H38N6.HI/c1-5-23-22(26-20-16-28(17(2)3)15-18(20)4)25-14-19-9-10-24-21(13-19)27-11-7-6-8-12-27;/h9-10,13,17-18,20H,5-8,11-12,14-16H2,1-4H3,(H2,23,25,26);1H. The van der Waals surface area contributed by atoms with Gasteiger partial charge in [0.2, 0.25) is 0 Å². The van der Waals surface area contributed by atoms with Crippen LogP contribution in [0.4, 0.5) is 5.82 Å². The first kappa shape index (κ1) is 24.2. The molecule has 2 fully saturated rings. The van der Waals surface area contributed by atoms with Crippen molar-refractivity contribution in [1.82, 2.24) is 20.5 Å². The summed E-state index contributed by atoms with van der Waals surface area (Å²) in [5.74, 6) is 2.64. The highest BCUT2D eigenvalue weighted by molar-refractivity contribution is 14.0. The normalized spacial score (nSPS) is 23.2. The second kappa shape index (κ2) is 11.9. The first-order chi connectivity index (χ1) is 13.6. The summed E-state index contributed by atoms with van der Waals surface area (Å²) in [5, 5.41) is 7.09. The third-order valence-electron chi connectivity index (χ3n) is 5.95. The van der Waals surface area contributed by atoms with Gasteiger partial charge in [-0.2, -0.15) is 0 Å². The summed E-state index contributed by atoms with van der Waals surface area (Å²) in [6.45, 7) is 15.0.